The Morgan fingerprint density at radius 1 is 1.45 bits per heavy atom. The Hall–Kier alpha value is -3.59. The molecule has 13 nitrogen and oxygen atoms in total. The molecular weight excluding hydrogens is 472 g/mol. The fourth-order valence-corrected chi connectivity index (χ4v) is 5.46. The van der Waals surface area contributed by atoms with E-state index in [2.05, 4.69) is 15.5 Å². The van der Waals surface area contributed by atoms with Gasteiger partial charge in [0.2, 0.25) is 0 Å². The second kappa shape index (κ2) is 8.74. The molecule has 2 aromatic rings. The molecule has 0 bridgehead atoms. The molecule has 4 rings (SSSR count). The number of anilines is 2. The van der Waals surface area contributed by atoms with Crippen LogP contribution in [0.25, 0.3) is 0 Å². The quantitative estimate of drug-likeness (QED) is 0.158. The van der Waals surface area contributed by atoms with Gasteiger partial charge in [-0.3, -0.25) is 14.5 Å². The van der Waals surface area contributed by atoms with E-state index in [1.165, 1.54) is 23.8 Å². The van der Waals surface area contributed by atoms with E-state index in [1.54, 1.807) is 34.1 Å². The van der Waals surface area contributed by atoms with E-state index in [0.29, 0.717) is 17.1 Å². The molecule has 1 fully saturated rings. The molecule has 0 aromatic carbocycles. The standard InChI is InChI=1S/C18H20N8O5S2/c1-24-10(19)3-4-25(24)5-8-6-32-16-12(15(28)26(16)13(8)17(29)30)22-14(27)11(23-31-2)9-7-33-18(20)21-9/h3-4,7,12,16,19H,5-6H2,1-2H3,(H4,20,21,22,27,29,30)/p+1/b23-11-/t12-,16-/m1/s1. The first kappa shape index (κ1) is 22.6. The lowest BCUT2D eigenvalue weighted by Crippen LogP contribution is -2.71. The predicted molar refractivity (Wildman–Crippen MR) is 120 cm³/mol. The van der Waals surface area contributed by atoms with Gasteiger partial charge in [-0.05, 0) is 0 Å². The fourth-order valence-electron chi connectivity index (χ4n) is 3.58. The number of carbonyl (C=O) groups is 3. The maximum absolute atomic E-state index is 12.9. The average Bonchev–Trinajstić information content (AvgIpc) is 3.35. The molecule has 15 heteroatoms. The molecule has 2 atom stereocenters. The van der Waals surface area contributed by atoms with Crippen molar-refractivity contribution in [2.45, 2.75) is 18.0 Å². The van der Waals surface area contributed by atoms with Crippen molar-refractivity contribution in [3.63, 3.8) is 0 Å². The zero-order chi connectivity index (χ0) is 23.9. The van der Waals surface area contributed by atoms with Crippen LogP contribution in [0.5, 0.6) is 0 Å². The number of oxime groups is 1. The van der Waals surface area contributed by atoms with Crippen molar-refractivity contribution < 1.29 is 29.0 Å². The van der Waals surface area contributed by atoms with Crippen molar-refractivity contribution in [2.75, 3.05) is 24.3 Å². The number of nitrogens with zero attached hydrogens (tertiary/aromatic N) is 5. The van der Waals surface area contributed by atoms with Gasteiger partial charge >= 0.3 is 5.97 Å². The number of thiazole rings is 1. The minimum absolute atomic E-state index is 0.0837. The summed E-state index contributed by atoms with van der Waals surface area (Å²) in [6.45, 7) is 0.256. The van der Waals surface area contributed by atoms with Gasteiger partial charge in [0, 0.05) is 16.7 Å². The zero-order valence-corrected chi connectivity index (χ0v) is 19.2. The predicted octanol–water partition coefficient (Wildman–Crippen LogP) is -1.28. The zero-order valence-electron chi connectivity index (χ0n) is 17.6. The van der Waals surface area contributed by atoms with Gasteiger partial charge in [-0.25, -0.2) is 9.78 Å². The highest BCUT2D eigenvalue weighted by molar-refractivity contribution is 8.00. The molecule has 2 amide bonds. The molecule has 0 aliphatic carbocycles. The average molecular weight is 494 g/mol. The van der Waals surface area contributed by atoms with E-state index in [4.69, 9.17) is 16.3 Å². The highest BCUT2D eigenvalue weighted by Gasteiger charge is 2.55. The summed E-state index contributed by atoms with van der Waals surface area (Å²) in [5.41, 5.74) is 12.0. The molecule has 0 saturated carbocycles. The third-order valence-electron chi connectivity index (χ3n) is 5.23. The Morgan fingerprint density at radius 2 is 2.21 bits per heavy atom. The van der Waals surface area contributed by atoms with Crippen LogP contribution in [-0.4, -0.2) is 67.4 Å². The van der Waals surface area contributed by atoms with Crippen molar-refractivity contribution in [3.8, 4) is 0 Å². The fraction of sp³-hybridized carbons (Fsp3) is 0.333. The highest BCUT2D eigenvalue weighted by Crippen LogP contribution is 2.40. The lowest BCUT2D eigenvalue weighted by atomic mass is 10.0. The van der Waals surface area contributed by atoms with Gasteiger partial charge in [-0.15, -0.1) is 32.5 Å². The molecule has 33 heavy (non-hydrogen) atoms. The summed E-state index contributed by atoms with van der Waals surface area (Å²) in [7, 11) is 3.03. The lowest BCUT2D eigenvalue weighted by molar-refractivity contribution is -0.765. The first-order valence-corrected chi connectivity index (χ1v) is 11.5. The molecular formula is C18H21N8O5S2+. The Labute approximate surface area is 195 Å². The minimum Gasteiger partial charge on any atom is -0.477 e. The minimum atomic E-state index is -1.21. The van der Waals surface area contributed by atoms with E-state index in [-0.39, 0.29) is 28.8 Å². The van der Waals surface area contributed by atoms with Crippen LogP contribution in [0.2, 0.25) is 0 Å². The SMILES string of the molecule is CO/N=C(\C(=O)N[C@@H]1C(=O)N2C(C(=O)O)=C(C[n+]3ccc(N)n3C)CS[C@H]12)c1csc(N)n1. The van der Waals surface area contributed by atoms with E-state index in [1.807, 2.05) is 0 Å². The first-order chi connectivity index (χ1) is 15.7. The lowest BCUT2D eigenvalue weighted by Gasteiger charge is -2.49. The summed E-state index contributed by atoms with van der Waals surface area (Å²) in [4.78, 5) is 47.7. The Morgan fingerprint density at radius 3 is 2.79 bits per heavy atom. The van der Waals surface area contributed by atoms with Gasteiger partial charge in [-0.2, -0.15) is 0 Å². The van der Waals surface area contributed by atoms with Crippen LogP contribution < -0.4 is 21.5 Å². The number of fused-ring (bicyclic) bond motifs is 1. The van der Waals surface area contributed by atoms with Gasteiger partial charge in [0.25, 0.3) is 11.8 Å². The van der Waals surface area contributed by atoms with Crippen LogP contribution in [0.4, 0.5) is 10.9 Å². The number of nitrogen functional groups attached to an aromatic ring is 2. The van der Waals surface area contributed by atoms with Crippen molar-refractivity contribution in [1.82, 2.24) is 19.9 Å². The molecule has 6 N–H and O–H groups in total. The van der Waals surface area contributed by atoms with E-state index in [9.17, 15) is 19.5 Å². The van der Waals surface area contributed by atoms with Gasteiger partial charge in [0.1, 0.15) is 29.9 Å². The number of rotatable bonds is 7. The topological polar surface area (TPSA) is 182 Å². The molecule has 4 heterocycles. The number of aromatic nitrogens is 3. The number of aliphatic carboxylic acids is 1. The van der Waals surface area contributed by atoms with Gasteiger partial charge in [-0.1, -0.05) is 5.16 Å². The summed E-state index contributed by atoms with van der Waals surface area (Å²) in [5, 5.41) is 17.4. The first-order valence-electron chi connectivity index (χ1n) is 9.57. The number of β-lactam (4-membered cyclic amide) rings is 1. The number of nitrogens with one attached hydrogen (secondary N) is 1. The Balaban J connectivity index is 1.54. The van der Waals surface area contributed by atoms with Gasteiger partial charge in [0.15, 0.2) is 29.4 Å². The normalized spacial score (nSPS) is 20.4. The molecule has 2 aromatic heterocycles. The smallest absolute Gasteiger partial charge is 0.352 e. The Bertz CT molecular complexity index is 1200. The van der Waals surface area contributed by atoms with Crippen LogP contribution in [0.1, 0.15) is 5.69 Å². The van der Waals surface area contributed by atoms with Crippen LogP contribution in [0, 0.1) is 0 Å². The number of hydrogen-bond acceptors (Lipinski definition) is 10. The summed E-state index contributed by atoms with van der Waals surface area (Å²) < 4.78 is 3.44. The van der Waals surface area contributed by atoms with E-state index in [0.717, 1.165) is 11.3 Å². The number of carboxylic acids is 1. The molecule has 1 saturated heterocycles. The largest absolute Gasteiger partial charge is 0.477 e. The second-order valence-electron chi connectivity index (χ2n) is 7.17. The summed E-state index contributed by atoms with van der Waals surface area (Å²) in [6.07, 6.45) is 1.74. The summed E-state index contributed by atoms with van der Waals surface area (Å²) in [6, 6.07) is 0.782. The molecule has 2 aliphatic rings. The second-order valence-corrected chi connectivity index (χ2v) is 9.17. The van der Waals surface area contributed by atoms with Gasteiger partial charge < -0.3 is 26.7 Å². The number of carboxylic acid groups (broad SMARTS) is 1. The number of carbonyl (C=O) groups excluding carboxylic acids is 2. The third kappa shape index (κ3) is 4.00. The molecule has 0 unspecified atom stereocenters. The number of thioether (sulfide) groups is 1. The summed E-state index contributed by atoms with van der Waals surface area (Å²) >= 11 is 2.49. The van der Waals surface area contributed by atoms with E-state index < -0.39 is 29.2 Å². The molecule has 0 spiro atoms. The molecule has 0 radical (unpaired) electrons. The maximum atomic E-state index is 12.9. The van der Waals surface area contributed by atoms with Crippen LogP contribution >= 0.6 is 23.1 Å². The van der Waals surface area contributed by atoms with Crippen LogP contribution in [0.15, 0.2) is 34.1 Å². The number of nitrogens with two attached hydrogens (primary N) is 2. The van der Waals surface area contributed by atoms with Crippen LogP contribution in [-0.2, 0) is 32.8 Å². The van der Waals surface area contributed by atoms with Gasteiger partial charge in [0.05, 0.1) is 13.1 Å². The number of amides is 2. The molecule has 2 aliphatic heterocycles. The monoisotopic (exact) mass is 493 g/mol. The van der Waals surface area contributed by atoms with Crippen molar-refractivity contribution in [1.29, 1.82) is 0 Å². The third-order valence-corrected chi connectivity index (χ3v) is 7.24. The van der Waals surface area contributed by atoms with Crippen molar-refractivity contribution in [3.05, 3.63) is 34.6 Å². The highest BCUT2D eigenvalue weighted by atomic mass is 32.2. The van der Waals surface area contributed by atoms with E-state index >= 15 is 0 Å². The Kier molecular flexibility index (Phi) is 5.99. The van der Waals surface area contributed by atoms with Crippen molar-refractivity contribution in [2.24, 2.45) is 12.2 Å². The summed E-state index contributed by atoms with van der Waals surface area (Å²) in [5.74, 6) is -1.53. The number of hydrogen-bond donors (Lipinski definition) is 4. The van der Waals surface area contributed by atoms with Crippen molar-refractivity contribution >= 4 is 57.5 Å². The maximum Gasteiger partial charge on any atom is 0.352 e. The van der Waals surface area contributed by atoms with Crippen LogP contribution in [0.3, 0.4) is 0 Å². The molecule has 174 valence electrons.